The molecule has 0 saturated heterocycles. The number of urea groups is 1. The molecule has 0 spiro atoms. The number of methoxy groups -OCH3 is 1. The van der Waals surface area contributed by atoms with Crippen LogP contribution in [0.15, 0.2) is 77.0 Å². The number of benzene rings is 3. The third-order valence-corrected chi connectivity index (χ3v) is 6.90. The highest BCUT2D eigenvalue weighted by Crippen LogP contribution is 2.35. The number of nitrogens with one attached hydrogen (secondary N) is 3. The van der Waals surface area contributed by atoms with Crippen LogP contribution in [0, 0.1) is 11.3 Å². The number of rotatable bonds is 15. The van der Waals surface area contributed by atoms with E-state index in [-0.39, 0.29) is 18.8 Å². The molecule has 3 aromatic rings. The van der Waals surface area contributed by atoms with Crippen molar-refractivity contribution in [1.29, 1.82) is 5.26 Å². The number of allylic oxidation sites excluding steroid dienone is 1. The van der Waals surface area contributed by atoms with Gasteiger partial charge >= 0.3 is 12.0 Å². The van der Waals surface area contributed by atoms with E-state index in [1.165, 1.54) is 13.3 Å². The molecule has 0 radical (unpaired) electrons. The second kappa shape index (κ2) is 16.5. The van der Waals surface area contributed by atoms with Crippen molar-refractivity contribution in [2.75, 3.05) is 26.9 Å². The predicted molar refractivity (Wildman–Crippen MR) is 172 cm³/mol. The maximum Gasteiger partial charge on any atom is 0.337 e. The zero-order valence-corrected chi connectivity index (χ0v) is 26.5. The fourth-order valence-corrected chi connectivity index (χ4v) is 4.72. The van der Waals surface area contributed by atoms with Crippen LogP contribution in [0.4, 0.5) is 4.79 Å². The van der Waals surface area contributed by atoms with E-state index in [0.717, 1.165) is 5.56 Å². The summed E-state index contributed by atoms with van der Waals surface area (Å²) in [5, 5.41) is 29.3. The van der Waals surface area contributed by atoms with Crippen LogP contribution in [-0.2, 0) is 16.1 Å². The van der Waals surface area contributed by atoms with E-state index >= 15 is 0 Å². The van der Waals surface area contributed by atoms with E-state index in [1.54, 1.807) is 62.4 Å². The maximum atomic E-state index is 12.5. The number of hydrazone groups is 1. The van der Waals surface area contributed by atoms with E-state index in [0.29, 0.717) is 58.6 Å². The van der Waals surface area contributed by atoms with E-state index < -0.39 is 24.3 Å². The van der Waals surface area contributed by atoms with Gasteiger partial charge in [-0.2, -0.15) is 10.4 Å². The lowest BCUT2D eigenvalue weighted by molar-refractivity contribution is -0.136. The number of esters is 1. The molecule has 1 heterocycles. The summed E-state index contributed by atoms with van der Waals surface area (Å²) in [4.78, 5) is 24.6. The lowest BCUT2D eigenvalue weighted by Crippen LogP contribution is -2.45. The Labute approximate surface area is 272 Å². The highest BCUT2D eigenvalue weighted by atomic mass is 16.5. The first kappa shape index (κ1) is 34.1. The van der Waals surface area contributed by atoms with E-state index in [1.807, 2.05) is 19.1 Å². The fourth-order valence-electron chi connectivity index (χ4n) is 4.72. The zero-order chi connectivity index (χ0) is 33.8. The number of hydrogen-bond acceptors (Lipinski definition) is 11. The molecule has 47 heavy (non-hydrogen) atoms. The largest absolute Gasteiger partial charge is 0.490 e. The van der Waals surface area contributed by atoms with Crippen molar-refractivity contribution in [1.82, 2.24) is 16.1 Å². The first-order valence-corrected chi connectivity index (χ1v) is 14.9. The van der Waals surface area contributed by atoms with Crippen molar-refractivity contribution >= 4 is 18.2 Å². The highest BCUT2D eigenvalue weighted by Gasteiger charge is 2.32. The van der Waals surface area contributed by atoms with Gasteiger partial charge in [0.15, 0.2) is 29.2 Å². The maximum absolute atomic E-state index is 12.5. The van der Waals surface area contributed by atoms with Crippen molar-refractivity contribution in [3.63, 3.8) is 0 Å². The lowest BCUT2D eigenvalue weighted by Gasteiger charge is -2.28. The van der Waals surface area contributed by atoms with Gasteiger partial charge in [-0.3, -0.25) is 5.43 Å². The summed E-state index contributed by atoms with van der Waals surface area (Å²) in [5.41, 5.74) is 5.84. The SMILES string of the molecule is CCOc1cc(/C=N\N[C@H](O)COc2ccc([C@@H]3NC(=O)NC(C)=C3C(=O)OC)cc2OCC)ccc1OCc1ccccc1C#N. The minimum atomic E-state index is -1.17. The molecule has 0 saturated carbocycles. The van der Waals surface area contributed by atoms with Gasteiger partial charge in [-0.25, -0.2) is 9.59 Å². The molecule has 1 aliphatic heterocycles. The molecule has 13 heteroatoms. The van der Waals surface area contributed by atoms with Crippen LogP contribution < -0.4 is 35.0 Å². The van der Waals surface area contributed by atoms with Crippen LogP contribution in [0.2, 0.25) is 0 Å². The number of ether oxygens (including phenoxy) is 5. The monoisotopic (exact) mass is 643 g/mol. The van der Waals surface area contributed by atoms with Crippen molar-refractivity contribution in [3.8, 4) is 29.1 Å². The Morgan fingerprint density at radius 2 is 1.72 bits per heavy atom. The summed E-state index contributed by atoms with van der Waals surface area (Å²) in [6.07, 6.45) is 0.345. The number of nitriles is 1. The van der Waals surface area contributed by atoms with E-state index in [2.05, 4.69) is 27.2 Å². The molecule has 2 amide bonds. The Bertz CT molecular complexity index is 1680. The normalized spacial score (nSPS) is 14.8. The second-order valence-electron chi connectivity index (χ2n) is 10.1. The lowest BCUT2D eigenvalue weighted by atomic mass is 9.95. The Kier molecular flexibility index (Phi) is 12.0. The average Bonchev–Trinajstić information content (AvgIpc) is 3.07. The predicted octanol–water partition coefficient (Wildman–Crippen LogP) is 4.06. The van der Waals surface area contributed by atoms with Gasteiger partial charge < -0.3 is 39.4 Å². The number of hydrogen-bond donors (Lipinski definition) is 4. The Morgan fingerprint density at radius 3 is 2.45 bits per heavy atom. The molecule has 0 aromatic heterocycles. The smallest absolute Gasteiger partial charge is 0.337 e. The Hall–Kier alpha value is -5.74. The molecule has 1 aliphatic rings. The number of aliphatic hydroxyl groups excluding tert-OH is 1. The van der Waals surface area contributed by atoms with Crippen LogP contribution in [0.3, 0.4) is 0 Å². The molecule has 0 unspecified atom stereocenters. The van der Waals surface area contributed by atoms with Crippen LogP contribution in [0.25, 0.3) is 0 Å². The van der Waals surface area contributed by atoms with Crippen LogP contribution in [-0.4, -0.2) is 56.5 Å². The number of carbonyl (C=O) groups excluding carboxylic acids is 2. The number of nitrogens with zero attached hydrogens (tertiary/aromatic N) is 2. The molecule has 2 atom stereocenters. The summed E-state index contributed by atoms with van der Waals surface area (Å²) >= 11 is 0. The minimum absolute atomic E-state index is 0.172. The minimum Gasteiger partial charge on any atom is -0.490 e. The third-order valence-electron chi connectivity index (χ3n) is 6.90. The van der Waals surface area contributed by atoms with Gasteiger partial charge in [-0.05, 0) is 68.3 Å². The second-order valence-corrected chi connectivity index (χ2v) is 10.1. The fraction of sp³-hybridized carbons (Fsp3) is 0.294. The molecule has 0 bridgehead atoms. The molecule has 4 rings (SSSR count). The Morgan fingerprint density at radius 1 is 1.02 bits per heavy atom. The molecule has 246 valence electrons. The van der Waals surface area contributed by atoms with Crippen molar-refractivity contribution in [2.24, 2.45) is 5.10 Å². The van der Waals surface area contributed by atoms with Crippen LogP contribution in [0.1, 0.15) is 49.1 Å². The average molecular weight is 644 g/mol. The van der Waals surface area contributed by atoms with Gasteiger partial charge in [0, 0.05) is 11.3 Å². The number of amides is 2. The molecule has 3 aromatic carbocycles. The van der Waals surface area contributed by atoms with Crippen LogP contribution in [0.5, 0.6) is 23.0 Å². The quantitative estimate of drug-likeness (QED) is 0.0819. The standard InChI is InChI=1S/C34H37N5O8/c1-5-44-28-15-22(11-13-26(28)46-19-25-10-8-7-9-24(25)17-35)18-36-39-30(40)20-47-27-14-12-23(16-29(27)45-6-2)32-31(33(41)43-4)21(3)37-34(42)38-32/h7-16,18,30,32,39-40H,5-6,19-20H2,1-4H3,(H2,37,38,42)/b36-18-/t30-,32+/m1/s1. The molecule has 4 N–H and O–H groups in total. The summed E-state index contributed by atoms with van der Waals surface area (Å²) in [6.45, 7) is 6.06. The first-order valence-electron chi connectivity index (χ1n) is 14.9. The van der Waals surface area contributed by atoms with Gasteiger partial charge in [0.2, 0.25) is 0 Å². The Balaban J connectivity index is 1.38. The third kappa shape index (κ3) is 8.93. The summed E-state index contributed by atoms with van der Waals surface area (Å²) in [6, 6.07) is 18.4. The van der Waals surface area contributed by atoms with Gasteiger partial charge in [-0.15, -0.1) is 0 Å². The van der Waals surface area contributed by atoms with Crippen molar-refractivity contribution in [3.05, 3.63) is 94.2 Å². The molecular weight excluding hydrogens is 606 g/mol. The first-order chi connectivity index (χ1) is 22.8. The van der Waals surface area contributed by atoms with Crippen LogP contribution >= 0.6 is 0 Å². The van der Waals surface area contributed by atoms with Crippen molar-refractivity contribution in [2.45, 2.75) is 39.6 Å². The summed E-state index contributed by atoms with van der Waals surface area (Å²) in [7, 11) is 1.27. The summed E-state index contributed by atoms with van der Waals surface area (Å²) < 4.78 is 28.2. The van der Waals surface area contributed by atoms with E-state index in [9.17, 15) is 20.0 Å². The zero-order valence-electron chi connectivity index (χ0n) is 26.5. The number of carbonyl (C=O) groups is 2. The molecular formula is C34H37N5O8. The van der Waals surface area contributed by atoms with E-state index in [4.69, 9.17) is 23.7 Å². The highest BCUT2D eigenvalue weighted by molar-refractivity contribution is 5.95. The summed E-state index contributed by atoms with van der Waals surface area (Å²) in [5.74, 6) is 1.15. The van der Waals surface area contributed by atoms with Gasteiger partial charge in [0.1, 0.15) is 13.2 Å². The molecule has 0 aliphatic carbocycles. The van der Waals surface area contributed by atoms with Gasteiger partial charge in [-0.1, -0.05) is 24.3 Å². The van der Waals surface area contributed by atoms with Gasteiger partial charge in [0.25, 0.3) is 0 Å². The molecule has 13 nitrogen and oxygen atoms in total. The van der Waals surface area contributed by atoms with Crippen molar-refractivity contribution < 1.29 is 38.4 Å². The van der Waals surface area contributed by atoms with Gasteiger partial charge in [0.05, 0.1) is 49.8 Å². The number of aliphatic hydroxyl groups is 1. The molecule has 0 fully saturated rings. The topological polar surface area (TPSA) is 173 Å².